The van der Waals surface area contributed by atoms with Crippen LogP contribution in [0.4, 0.5) is 5.69 Å². The minimum absolute atomic E-state index is 0.00660. The summed E-state index contributed by atoms with van der Waals surface area (Å²) in [5.74, 6) is -1.41. The molecule has 1 aliphatic carbocycles. The zero-order valence-corrected chi connectivity index (χ0v) is 13.9. The van der Waals surface area contributed by atoms with Gasteiger partial charge in [0, 0.05) is 5.69 Å². The molecule has 1 saturated carbocycles. The Morgan fingerprint density at radius 2 is 1.79 bits per heavy atom. The van der Waals surface area contributed by atoms with Crippen LogP contribution in [-0.2, 0) is 15.0 Å². The van der Waals surface area contributed by atoms with Crippen LogP contribution in [-0.4, -0.2) is 17.0 Å². The summed E-state index contributed by atoms with van der Waals surface area (Å²) < 4.78 is 0. The quantitative estimate of drug-likeness (QED) is 0.878. The third kappa shape index (κ3) is 3.04. The van der Waals surface area contributed by atoms with Crippen LogP contribution in [0, 0.1) is 6.92 Å². The van der Waals surface area contributed by atoms with Crippen LogP contribution in [0.3, 0.4) is 0 Å². The minimum atomic E-state index is -0.858. The molecule has 2 aromatic carbocycles. The molecule has 4 heteroatoms. The first-order valence-electron chi connectivity index (χ1n) is 8.14. The summed E-state index contributed by atoms with van der Waals surface area (Å²) in [5.41, 5.74) is 3.22. The molecule has 0 aromatic heterocycles. The molecule has 4 nitrogen and oxygen atoms in total. The standard InChI is InChI=1S/C20H21NO3/c1-13-4-3-5-16(12-13)20(10-11-20)19(24)21-17-8-6-15(7-9-17)14(2)18(22)23/h3-9,12,14H,10-11H2,1-2H3,(H,21,24)(H,22,23). The zero-order valence-electron chi connectivity index (χ0n) is 13.9. The summed E-state index contributed by atoms with van der Waals surface area (Å²) in [4.78, 5) is 23.7. The Morgan fingerprint density at radius 3 is 2.33 bits per heavy atom. The Hall–Kier alpha value is -2.62. The van der Waals surface area contributed by atoms with E-state index in [4.69, 9.17) is 5.11 Å². The van der Waals surface area contributed by atoms with Crippen molar-refractivity contribution in [3.05, 3.63) is 65.2 Å². The van der Waals surface area contributed by atoms with Gasteiger partial charge in [0.2, 0.25) is 5.91 Å². The van der Waals surface area contributed by atoms with Crippen molar-refractivity contribution in [1.29, 1.82) is 0 Å². The fraction of sp³-hybridized carbons (Fsp3) is 0.300. The lowest BCUT2D eigenvalue weighted by atomic mass is 9.93. The normalized spacial score (nSPS) is 16.2. The topological polar surface area (TPSA) is 66.4 Å². The first kappa shape index (κ1) is 16.2. The number of nitrogens with one attached hydrogen (secondary N) is 1. The summed E-state index contributed by atoms with van der Waals surface area (Å²) in [5, 5.41) is 12.0. The summed E-state index contributed by atoms with van der Waals surface area (Å²) in [6.45, 7) is 3.67. The van der Waals surface area contributed by atoms with Crippen molar-refractivity contribution in [3.8, 4) is 0 Å². The van der Waals surface area contributed by atoms with Crippen LogP contribution >= 0.6 is 0 Å². The molecule has 2 N–H and O–H groups in total. The Morgan fingerprint density at radius 1 is 1.12 bits per heavy atom. The molecule has 0 spiro atoms. The van der Waals surface area contributed by atoms with E-state index in [1.54, 1.807) is 31.2 Å². The largest absolute Gasteiger partial charge is 0.481 e. The number of aliphatic carboxylic acids is 1. The van der Waals surface area contributed by atoms with Gasteiger partial charge in [0.05, 0.1) is 11.3 Å². The van der Waals surface area contributed by atoms with E-state index in [1.807, 2.05) is 25.1 Å². The number of aryl methyl sites for hydroxylation is 1. The van der Waals surface area contributed by atoms with Gasteiger partial charge in [0.25, 0.3) is 0 Å². The van der Waals surface area contributed by atoms with Crippen LogP contribution in [0.2, 0.25) is 0 Å². The second kappa shape index (κ2) is 6.11. The number of rotatable bonds is 5. The van der Waals surface area contributed by atoms with Gasteiger partial charge in [-0.2, -0.15) is 0 Å². The van der Waals surface area contributed by atoms with Crippen molar-refractivity contribution in [3.63, 3.8) is 0 Å². The highest BCUT2D eigenvalue weighted by atomic mass is 16.4. The SMILES string of the molecule is Cc1cccc(C2(C(=O)Nc3ccc(C(C)C(=O)O)cc3)CC2)c1. The number of hydrogen-bond donors (Lipinski definition) is 2. The summed E-state index contributed by atoms with van der Waals surface area (Å²) in [6, 6.07) is 15.1. The fourth-order valence-electron chi connectivity index (χ4n) is 2.96. The number of carboxylic acid groups (broad SMARTS) is 1. The molecule has 1 fully saturated rings. The van der Waals surface area contributed by atoms with E-state index >= 15 is 0 Å². The highest BCUT2D eigenvalue weighted by molar-refractivity contribution is 6.01. The molecule has 0 radical (unpaired) electrons. The maximum Gasteiger partial charge on any atom is 0.310 e. The maximum atomic E-state index is 12.7. The molecule has 1 atom stereocenters. The Bertz CT molecular complexity index is 776. The molecular formula is C20H21NO3. The van der Waals surface area contributed by atoms with E-state index in [9.17, 15) is 9.59 Å². The number of anilines is 1. The van der Waals surface area contributed by atoms with E-state index < -0.39 is 17.3 Å². The van der Waals surface area contributed by atoms with E-state index in [1.165, 1.54) is 0 Å². The molecule has 1 aliphatic rings. The maximum absolute atomic E-state index is 12.7. The molecule has 2 aromatic rings. The van der Waals surface area contributed by atoms with Crippen LogP contribution in [0.25, 0.3) is 0 Å². The summed E-state index contributed by atoms with van der Waals surface area (Å²) in [6.07, 6.45) is 1.72. The Balaban J connectivity index is 1.74. The van der Waals surface area contributed by atoms with Gasteiger partial charge >= 0.3 is 5.97 Å². The van der Waals surface area contributed by atoms with Gasteiger partial charge in [-0.1, -0.05) is 42.0 Å². The highest BCUT2D eigenvalue weighted by Crippen LogP contribution is 2.49. The van der Waals surface area contributed by atoms with Crippen LogP contribution in [0.1, 0.15) is 42.4 Å². The number of carbonyl (C=O) groups is 2. The number of hydrogen-bond acceptors (Lipinski definition) is 2. The van der Waals surface area contributed by atoms with Crippen molar-refractivity contribution in [2.75, 3.05) is 5.32 Å². The van der Waals surface area contributed by atoms with Crippen molar-refractivity contribution in [2.45, 2.75) is 38.0 Å². The molecule has 0 bridgehead atoms. The predicted molar refractivity (Wildman–Crippen MR) is 93.2 cm³/mol. The smallest absolute Gasteiger partial charge is 0.310 e. The third-order valence-electron chi connectivity index (χ3n) is 4.79. The summed E-state index contributed by atoms with van der Waals surface area (Å²) in [7, 11) is 0. The highest BCUT2D eigenvalue weighted by Gasteiger charge is 2.51. The Kier molecular flexibility index (Phi) is 4.14. The fourth-order valence-corrected chi connectivity index (χ4v) is 2.96. The second-order valence-electron chi connectivity index (χ2n) is 6.59. The summed E-state index contributed by atoms with van der Waals surface area (Å²) >= 11 is 0. The third-order valence-corrected chi connectivity index (χ3v) is 4.79. The molecule has 1 amide bonds. The van der Waals surface area contributed by atoms with Crippen LogP contribution in [0.15, 0.2) is 48.5 Å². The Labute approximate surface area is 141 Å². The minimum Gasteiger partial charge on any atom is -0.481 e. The number of benzene rings is 2. The molecular weight excluding hydrogens is 302 g/mol. The molecule has 0 aliphatic heterocycles. The first-order chi connectivity index (χ1) is 11.4. The molecule has 0 heterocycles. The van der Waals surface area contributed by atoms with Gasteiger partial charge in [-0.05, 0) is 49.9 Å². The number of carbonyl (C=O) groups excluding carboxylic acids is 1. The van der Waals surface area contributed by atoms with Gasteiger partial charge in [-0.25, -0.2) is 0 Å². The second-order valence-corrected chi connectivity index (χ2v) is 6.59. The van der Waals surface area contributed by atoms with Crippen LogP contribution < -0.4 is 5.32 Å². The van der Waals surface area contributed by atoms with Gasteiger partial charge in [0.15, 0.2) is 0 Å². The van der Waals surface area contributed by atoms with Gasteiger partial charge in [-0.15, -0.1) is 0 Å². The van der Waals surface area contributed by atoms with Gasteiger partial charge < -0.3 is 10.4 Å². The number of carboxylic acids is 1. The molecule has 3 rings (SSSR count). The lowest BCUT2D eigenvalue weighted by molar-refractivity contribution is -0.138. The van der Waals surface area contributed by atoms with Crippen LogP contribution in [0.5, 0.6) is 0 Å². The van der Waals surface area contributed by atoms with Crippen molar-refractivity contribution in [2.24, 2.45) is 0 Å². The van der Waals surface area contributed by atoms with Gasteiger partial charge in [-0.3, -0.25) is 9.59 Å². The van der Waals surface area contributed by atoms with Crippen molar-refractivity contribution < 1.29 is 14.7 Å². The van der Waals surface area contributed by atoms with Gasteiger partial charge in [0.1, 0.15) is 0 Å². The lowest BCUT2D eigenvalue weighted by Crippen LogP contribution is -2.27. The van der Waals surface area contributed by atoms with E-state index in [-0.39, 0.29) is 5.91 Å². The molecule has 1 unspecified atom stereocenters. The average Bonchev–Trinajstić information content (AvgIpc) is 3.37. The van der Waals surface area contributed by atoms with Crippen molar-refractivity contribution >= 4 is 17.6 Å². The first-order valence-corrected chi connectivity index (χ1v) is 8.14. The van der Waals surface area contributed by atoms with E-state index in [0.29, 0.717) is 5.69 Å². The molecule has 24 heavy (non-hydrogen) atoms. The molecule has 0 saturated heterocycles. The number of amides is 1. The molecule has 124 valence electrons. The van der Waals surface area contributed by atoms with E-state index in [0.717, 1.165) is 29.5 Å². The predicted octanol–water partition coefficient (Wildman–Crippen LogP) is 3.85. The monoisotopic (exact) mass is 323 g/mol. The van der Waals surface area contributed by atoms with Crippen molar-refractivity contribution in [1.82, 2.24) is 0 Å². The van der Waals surface area contributed by atoms with E-state index in [2.05, 4.69) is 11.4 Å². The lowest BCUT2D eigenvalue weighted by Gasteiger charge is -2.17. The zero-order chi connectivity index (χ0) is 17.3. The average molecular weight is 323 g/mol.